The zero-order valence-corrected chi connectivity index (χ0v) is 19.7. The summed E-state index contributed by atoms with van der Waals surface area (Å²) in [7, 11) is 2.11. The van der Waals surface area contributed by atoms with Crippen molar-refractivity contribution in [1.82, 2.24) is 9.88 Å². The van der Waals surface area contributed by atoms with Gasteiger partial charge in [-0.1, -0.05) is 23.7 Å². The number of benzene rings is 2. The third kappa shape index (κ3) is 5.77. The molecule has 3 aromatic rings. The van der Waals surface area contributed by atoms with E-state index in [9.17, 15) is 14.7 Å². The molecule has 4 N–H and O–H groups in total. The van der Waals surface area contributed by atoms with Gasteiger partial charge in [0.05, 0.1) is 11.8 Å². The normalized spacial score (nSPS) is 15.1. The number of H-pyrrole nitrogens is 1. The maximum atomic E-state index is 13.0. The van der Waals surface area contributed by atoms with Crippen LogP contribution >= 0.6 is 11.6 Å². The fourth-order valence-corrected chi connectivity index (χ4v) is 4.10. The van der Waals surface area contributed by atoms with Gasteiger partial charge in [0.15, 0.2) is 0 Å². The molecule has 1 fully saturated rings. The van der Waals surface area contributed by atoms with Crippen molar-refractivity contribution in [3.05, 3.63) is 87.3 Å². The Morgan fingerprint density at radius 2 is 1.85 bits per heavy atom. The van der Waals surface area contributed by atoms with Crippen molar-refractivity contribution < 1.29 is 9.90 Å². The number of hydrogen-bond acceptors (Lipinski definition) is 6. The van der Waals surface area contributed by atoms with Gasteiger partial charge in [0, 0.05) is 55.3 Å². The predicted octanol–water partition coefficient (Wildman–Crippen LogP) is 3.18. The fourth-order valence-electron chi connectivity index (χ4n) is 3.90. The van der Waals surface area contributed by atoms with Crippen LogP contribution in [0.3, 0.4) is 0 Å². The van der Waals surface area contributed by atoms with Crippen molar-refractivity contribution in [3.8, 4) is 0 Å². The Kier molecular flexibility index (Phi) is 7.52. The molecule has 0 radical (unpaired) electrons. The highest BCUT2D eigenvalue weighted by Gasteiger charge is 2.18. The number of pyridine rings is 1. The maximum absolute atomic E-state index is 13.0. The summed E-state index contributed by atoms with van der Waals surface area (Å²) >= 11 is 6.00. The third-order valence-electron chi connectivity index (χ3n) is 5.90. The van der Waals surface area contributed by atoms with Crippen LogP contribution in [0.25, 0.3) is 0 Å². The molecule has 0 bridgehead atoms. The lowest BCUT2D eigenvalue weighted by Crippen LogP contribution is -2.44. The highest BCUT2D eigenvalue weighted by atomic mass is 35.5. The van der Waals surface area contributed by atoms with Gasteiger partial charge in [-0.2, -0.15) is 0 Å². The van der Waals surface area contributed by atoms with E-state index in [0.717, 1.165) is 31.9 Å². The van der Waals surface area contributed by atoms with Gasteiger partial charge in [-0.15, -0.1) is 0 Å². The number of amides is 1. The zero-order valence-electron chi connectivity index (χ0n) is 18.9. The molecule has 0 saturated carbocycles. The Balaban J connectivity index is 1.43. The first kappa shape index (κ1) is 23.8. The van der Waals surface area contributed by atoms with Gasteiger partial charge in [0.25, 0.3) is 11.5 Å². The zero-order chi connectivity index (χ0) is 24.1. The molecule has 34 heavy (non-hydrogen) atoms. The number of rotatable bonds is 7. The summed E-state index contributed by atoms with van der Waals surface area (Å²) in [6, 6.07) is 16.1. The summed E-state index contributed by atoms with van der Waals surface area (Å²) in [5, 5.41) is 16.8. The number of likely N-dealkylation sites (N-methyl/N-ethyl adjacent to an activating group) is 1. The average molecular weight is 482 g/mol. The molecule has 1 aliphatic rings. The number of piperazine rings is 1. The second-order valence-corrected chi connectivity index (χ2v) is 8.77. The fraction of sp³-hybridized carbons (Fsp3) is 0.280. The van der Waals surface area contributed by atoms with Gasteiger partial charge < -0.3 is 30.5 Å². The number of nitrogens with zero attached hydrogens (tertiary/aromatic N) is 2. The number of carbonyl (C=O) groups excluding carboxylic acids is 1. The first-order valence-corrected chi connectivity index (χ1v) is 11.5. The molecular formula is C25H28ClN5O3. The highest BCUT2D eigenvalue weighted by molar-refractivity contribution is 6.30. The predicted molar refractivity (Wildman–Crippen MR) is 136 cm³/mol. The minimum atomic E-state index is -0.865. The van der Waals surface area contributed by atoms with E-state index in [1.165, 1.54) is 6.20 Å². The standard InChI is InChI=1S/C25H28ClN5O3/c1-30-11-13-31(14-12-30)20-7-5-19(6-8-20)29-25(34)23-21(9-10-27-24(23)33)28-16-22(32)17-3-2-4-18(26)15-17/h2-10,15,22,32H,11-14,16H2,1H3,(H,29,34)(H2,27,28,33)/t22-/m1/s1. The number of aliphatic hydroxyl groups excluding tert-OH is 1. The van der Waals surface area contributed by atoms with Crippen molar-refractivity contribution in [2.24, 2.45) is 0 Å². The molecule has 8 nitrogen and oxygen atoms in total. The van der Waals surface area contributed by atoms with Crippen LogP contribution in [0.15, 0.2) is 65.6 Å². The second-order valence-electron chi connectivity index (χ2n) is 8.34. The monoisotopic (exact) mass is 481 g/mol. The van der Waals surface area contributed by atoms with Crippen LogP contribution < -0.4 is 21.1 Å². The molecule has 178 valence electrons. The molecule has 2 heterocycles. The Bertz CT molecular complexity index is 1190. The van der Waals surface area contributed by atoms with Crippen LogP contribution in [0.5, 0.6) is 0 Å². The molecule has 1 amide bonds. The Labute approximate surface area is 203 Å². The number of aromatic nitrogens is 1. The molecule has 0 aliphatic carbocycles. The SMILES string of the molecule is CN1CCN(c2ccc(NC(=O)c3c(NC[C@@H](O)c4cccc(Cl)c4)cc[nH]c3=O)cc2)CC1. The van der Waals surface area contributed by atoms with E-state index in [0.29, 0.717) is 22.0 Å². The first-order chi connectivity index (χ1) is 16.4. The summed E-state index contributed by atoms with van der Waals surface area (Å²) in [5.41, 5.74) is 2.09. The number of aliphatic hydroxyl groups is 1. The number of carbonyl (C=O) groups is 1. The number of nitrogens with one attached hydrogen (secondary N) is 3. The van der Waals surface area contributed by atoms with E-state index < -0.39 is 17.6 Å². The number of anilines is 3. The van der Waals surface area contributed by atoms with Gasteiger partial charge >= 0.3 is 0 Å². The molecule has 1 aromatic heterocycles. The molecule has 1 aliphatic heterocycles. The van der Waals surface area contributed by atoms with E-state index >= 15 is 0 Å². The molecule has 1 atom stereocenters. The number of aromatic amines is 1. The maximum Gasteiger partial charge on any atom is 0.263 e. The van der Waals surface area contributed by atoms with Gasteiger partial charge in [-0.05, 0) is 55.1 Å². The van der Waals surface area contributed by atoms with E-state index in [1.54, 1.807) is 30.3 Å². The lowest BCUT2D eigenvalue weighted by Gasteiger charge is -2.34. The van der Waals surface area contributed by atoms with Crippen molar-refractivity contribution in [1.29, 1.82) is 0 Å². The van der Waals surface area contributed by atoms with Crippen LogP contribution in [-0.2, 0) is 0 Å². The molecule has 0 spiro atoms. The quantitative estimate of drug-likeness (QED) is 0.413. The van der Waals surface area contributed by atoms with Gasteiger partial charge in [0.2, 0.25) is 0 Å². The van der Waals surface area contributed by atoms with Crippen LogP contribution in [0, 0.1) is 0 Å². The molecular weight excluding hydrogens is 454 g/mol. The van der Waals surface area contributed by atoms with Crippen LogP contribution in [0.2, 0.25) is 5.02 Å². The summed E-state index contributed by atoms with van der Waals surface area (Å²) in [6.07, 6.45) is 0.592. The van der Waals surface area contributed by atoms with Crippen LogP contribution in [0.4, 0.5) is 17.1 Å². The van der Waals surface area contributed by atoms with Crippen molar-refractivity contribution >= 4 is 34.6 Å². The Morgan fingerprint density at radius 3 is 2.56 bits per heavy atom. The molecule has 9 heteroatoms. The van der Waals surface area contributed by atoms with E-state index in [-0.39, 0.29) is 12.1 Å². The molecule has 4 rings (SSSR count). The summed E-state index contributed by atoms with van der Waals surface area (Å²) < 4.78 is 0. The average Bonchev–Trinajstić information content (AvgIpc) is 2.83. The largest absolute Gasteiger partial charge is 0.387 e. The summed E-state index contributed by atoms with van der Waals surface area (Å²) in [5.74, 6) is -0.533. The van der Waals surface area contributed by atoms with Crippen molar-refractivity contribution in [2.45, 2.75) is 6.10 Å². The van der Waals surface area contributed by atoms with Gasteiger partial charge in [0.1, 0.15) is 5.56 Å². The molecule has 0 unspecified atom stereocenters. The van der Waals surface area contributed by atoms with Crippen LogP contribution in [-0.4, -0.2) is 60.7 Å². The topological polar surface area (TPSA) is 101 Å². The van der Waals surface area contributed by atoms with Gasteiger partial charge in [-0.3, -0.25) is 9.59 Å². The Hall–Kier alpha value is -3.33. The second kappa shape index (κ2) is 10.7. The van der Waals surface area contributed by atoms with E-state index in [1.807, 2.05) is 24.3 Å². The summed E-state index contributed by atoms with van der Waals surface area (Å²) in [4.78, 5) is 32.6. The van der Waals surface area contributed by atoms with Gasteiger partial charge in [-0.25, -0.2) is 0 Å². The molecule has 2 aromatic carbocycles. The van der Waals surface area contributed by atoms with E-state index in [4.69, 9.17) is 11.6 Å². The van der Waals surface area contributed by atoms with E-state index in [2.05, 4.69) is 32.5 Å². The lowest BCUT2D eigenvalue weighted by atomic mass is 10.1. The Morgan fingerprint density at radius 1 is 1.12 bits per heavy atom. The number of halogens is 1. The van der Waals surface area contributed by atoms with Crippen molar-refractivity contribution in [3.63, 3.8) is 0 Å². The first-order valence-electron chi connectivity index (χ1n) is 11.1. The lowest BCUT2D eigenvalue weighted by molar-refractivity contribution is 0.102. The molecule has 1 saturated heterocycles. The minimum Gasteiger partial charge on any atom is -0.387 e. The minimum absolute atomic E-state index is 0.0519. The van der Waals surface area contributed by atoms with Crippen molar-refractivity contribution in [2.75, 3.05) is 55.3 Å². The third-order valence-corrected chi connectivity index (χ3v) is 6.14. The highest BCUT2D eigenvalue weighted by Crippen LogP contribution is 2.22. The smallest absolute Gasteiger partial charge is 0.263 e. The summed E-state index contributed by atoms with van der Waals surface area (Å²) in [6.45, 7) is 4.03. The van der Waals surface area contributed by atoms with Crippen LogP contribution in [0.1, 0.15) is 22.0 Å². The number of hydrogen-bond donors (Lipinski definition) is 4.